The van der Waals surface area contributed by atoms with Crippen molar-refractivity contribution in [2.24, 2.45) is 0 Å². The van der Waals surface area contributed by atoms with Crippen molar-refractivity contribution in [2.45, 2.75) is 26.8 Å². The maximum Gasteiger partial charge on any atom is 0.179 e. The van der Waals surface area contributed by atoms with E-state index in [9.17, 15) is 0 Å². The van der Waals surface area contributed by atoms with Crippen LogP contribution in [-0.2, 0) is 0 Å². The van der Waals surface area contributed by atoms with Crippen LogP contribution >= 0.6 is 11.6 Å². The van der Waals surface area contributed by atoms with E-state index in [0.29, 0.717) is 17.0 Å². The number of aromatic nitrogens is 4. The summed E-state index contributed by atoms with van der Waals surface area (Å²) in [7, 11) is 0. The van der Waals surface area contributed by atoms with E-state index in [2.05, 4.69) is 28.8 Å². The number of halogens is 1. The minimum absolute atomic E-state index is 0.320. The second-order valence-corrected chi connectivity index (χ2v) is 4.32. The summed E-state index contributed by atoms with van der Waals surface area (Å²) < 4.78 is 2.02. The van der Waals surface area contributed by atoms with Crippen molar-refractivity contribution >= 4 is 11.6 Å². The molecule has 0 amide bonds. The molecule has 0 bridgehead atoms. The lowest BCUT2D eigenvalue weighted by atomic mass is 10.3. The Morgan fingerprint density at radius 1 is 1.31 bits per heavy atom. The summed E-state index contributed by atoms with van der Waals surface area (Å²) >= 11 is 5.92. The lowest BCUT2D eigenvalue weighted by Crippen LogP contribution is -2.03. The van der Waals surface area contributed by atoms with Crippen molar-refractivity contribution in [3.05, 3.63) is 29.4 Å². The number of imidazole rings is 1. The fourth-order valence-electron chi connectivity index (χ4n) is 1.53. The zero-order valence-corrected chi connectivity index (χ0v) is 10.2. The van der Waals surface area contributed by atoms with Gasteiger partial charge in [0.1, 0.15) is 10.8 Å². The third kappa shape index (κ3) is 2.07. The number of hydrogen-bond donors (Lipinski definition) is 0. The maximum atomic E-state index is 5.92. The van der Waals surface area contributed by atoms with E-state index < -0.39 is 0 Å². The molecule has 0 aliphatic heterocycles. The molecule has 0 radical (unpaired) electrons. The minimum Gasteiger partial charge on any atom is -0.325 e. The third-order valence-electron chi connectivity index (χ3n) is 2.27. The Kier molecular flexibility index (Phi) is 2.92. The Bertz CT molecular complexity index is 484. The highest BCUT2D eigenvalue weighted by Crippen LogP contribution is 2.20. The van der Waals surface area contributed by atoms with E-state index in [4.69, 9.17) is 11.6 Å². The Labute approximate surface area is 99.3 Å². The summed E-state index contributed by atoms with van der Waals surface area (Å²) in [6.45, 7) is 6.07. The average Bonchev–Trinajstić information content (AvgIpc) is 2.63. The molecule has 0 aliphatic carbocycles. The lowest BCUT2D eigenvalue weighted by molar-refractivity contribution is 0.603. The zero-order valence-electron chi connectivity index (χ0n) is 9.48. The molecule has 0 unspecified atom stereocenters. The molecule has 2 rings (SSSR count). The molecule has 84 valence electrons. The van der Waals surface area contributed by atoms with Crippen LogP contribution < -0.4 is 0 Å². The Morgan fingerprint density at radius 2 is 2.06 bits per heavy atom. The molecule has 0 atom stereocenters. The van der Waals surface area contributed by atoms with Gasteiger partial charge in [0.25, 0.3) is 0 Å². The van der Waals surface area contributed by atoms with Crippen LogP contribution in [0.5, 0.6) is 0 Å². The van der Waals surface area contributed by atoms with Gasteiger partial charge in [-0.15, -0.1) is 0 Å². The summed E-state index contributed by atoms with van der Waals surface area (Å²) in [6, 6.07) is 2.06. The Hall–Kier alpha value is -1.42. The quantitative estimate of drug-likeness (QED) is 0.753. The van der Waals surface area contributed by atoms with Gasteiger partial charge < -0.3 is 4.57 Å². The SMILES string of the molecule is Cc1cc(Cl)nc(-c2cncn2C(C)C)n1. The van der Waals surface area contributed by atoms with E-state index in [1.54, 1.807) is 18.6 Å². The van der Waals surface area contributed by atoms with Gasteiger partial charge in [0.2, 0.25) is 0 Å². The molecule has 0 aromatic carbocycles. The fourth-order valence-corrected chi connectivity index (χ4v) is 1.77. The maximum absolute atomic E-state index is 5.92. The summed E-state index contributed by atoms with van der Waals surface area (Å²) in [4.78, 5) is 12.7. The monoisotopic (exact) mass is 236 g/mol. The standard InChI is InChI=1S/C11H13ClN4/c1-7(2)16-6-13-5-9(16)11-14-8(3)4-10(12)15-11/h4-7H,1-3H3. The van der Waals surface area contributed by atoms with Crippen LogP contribution in [0.4, 0.5) is 0 Å². The van der Waals surface area contributed by atoms with Crippen LogP contribution in [0.3, 0.4) is 0 Å². The van der Waals surface area contributed by atoms with Crippen molar-refractivity contribution < 1.29 is 0 Å². The van der Waals surface area contributed by atoms with Crippen LogP contribution in [0, 0.1) is 6.92 Å². The smallest absolute Gasteiger partial charge is 0.179 e. The van der Waals surface area contributed by atoms with Gasteiger partial charge in [0.15, 0.2) is 5.82 Å². The third-order valence-corrected chi connectivity index (χ3v) is 2.47. The van der Waals surface area contributed by atoms with E-state index in [0.717, 1.165) is 11.4 Å². The molecule has 0 N–H and O–H groups in total. The summed E-state index contributed by atoms with van der Waals surface area (Å²) in [5.74, 6) is 0.621. The van der Waals surface area contributed by atoms with E-state index >= 15 is 0 Å². The van der Waals surface area contributed by atoms with Crippen molar-refractivity contribution in [1.29, 1.82) is 0 Å². The molecule has 0 fully saturated rings. The predicted octanol–water partition coefficient (Wildman–Crippen LogP) is 2.88. The van der Waals surface area contributed by atoms with Gasteiger partial charge in [0, 0.05) is 11.7 Å². The Morgan fingerprint density at radius 3 is 2.69 bits per heavy atom. The molecular formula is C11H13ClN4. The molecule has 0 aliphatic rings. The summed E-state index contributed by atoms with van der Waals surface area (Å²) in [5, 5.41) is 0.457. The van der Waals surface area contributed by atoms with Crippen LogP contribution in [-0.4, -0.2) is 19.5 Å². The largest absolute Gasteiger partial charge is 0.325 e. The van der Waals surface area contributed by atoms with E-state index in [1.807, 2.05) is 11.5 Å². The van der Waals surface area contributed by atoms with Gasteiger partial charge in [0.05, 0.1) is 12.5 Å². The van der Waals surface area contributed by atoms with Gasteiger partial charge in [-0.05, 0) is 26.8 Å². The average molecular weight is 237 g/mol. The molecule has 0 spiro atoms. The second kappa shape index (κ2) is 4.22. The molecule has 2 aromatic heterocycles. The minimum atomic E-state index is 0.320. The van der Waals surface area contributed by atoms with Crippen molar-refractivity contribution in [2.75, 3.05) is 0 Å². The van der Waals surface area contributed by atoms with Crippen molar-refractivity contribution in [3.63, 3.8) is 0 Å². The topological polar surface area (TPSA) is 43.6 Å². The second-order valence-electron chi connectivity index (χ2n) is 3.94. The van der Waals surface area contributed by atoms with E-state index in [-0.39, 0.29) is 0 Å². The first-order chi connectivity index (χ1) is 7.58. The first-order valence-corrected chi connectivity index (χ1v) is 5.49. The zero-order chi connectivity index (χ0) is 11.7. The fraction of sp³-hybridized carbons (Fsp3) is 0.364. The molecule has 2 heterocycles. The molecule has 5 heteroatoms. The first-order valence-electron chi connectivity index (χ1n) is 5.11. The highest BCUT2D eigenvalue weighted by Gasteiger charge is 2.11. The lowest BCUT2D eigenvalue weighted by Gasteiger charge is -2.10. The summed E-state index contributed by atoms with van der Waals surface area (Å²) in [5.41, 5.74) is 1.74. The number of aryl methyl sites for hydroxylation is 1. The van der Waals surface area contributed by atoms with Crippen LogP contribution in [0.1, 0.15) is 25.6 Å². The molecule has 4 nitrogen and oxygen atoms in total. The van der Waals surface area contributed by atoms with Crippen LogP contribution in [0.15, 0.2) is 18.6 Å². The predicted molar refractivity (Wildman–Crippen MR) is 63.4 cm³/mol. The summed E-state index contributed by atoms with van der Waals surface area (Å²) in [6.07, 6.45) is 3.53. The molecule has 16 heavy (non-hydrogen) atoms. The van der Waals surface area contributed by atoms with Gasteiger partial charge in [-0.2, -0.15) is 0 Å². The van der Waals surface area contributed by atoms with Crippen LogP contribution in [0.25, 0.3) is 11.5 Å². The van der Waals surface area contributed by atoms with Gasteiger partial charge in [-0.1, -0.05) is 11.6 Å². The highest BCUT2D eigenvalue weighted by molar-refractivity contribution is 6.29. The number of nitrogens with zero attached hydrogens (tertiary/aromatic N) is 4. The molecule has 2 aromatic rings. The normalized spacial score (nSPS) is 11.1. The highest BCUT2D eigenvalue weighted by atomic mass is 35.5. The first kappa shape index (κ1) is 11.1. The van der Waals surface area contributed by atoms with Crippen LogP contribution in [0.2, 0.25) is 5.15 Å². The van der Waals surface area contributed by atoms with Gasteiger partial charge >= 0.3 is 0 Å². The van der Waals surface area contributed by atoms with Gasteiger partial charge in [-0.3, -0.25) is 0 Å². The van der Waals surface area contributed by atoms with Gasteiger partial charge in [-0.25, -0.2) is 15.0 Å². The number of hydrogen-bond acceptors (Lipinski definition) is 3. The van der Waals surface area contributed by atoms with Crippen molar-refractivity contribution in [3.8, 4) is 11.5 Å². The molecule has 0 saturated heterocycles. The molecular weight excluding hydrogens is 224 g/mol. The number of rotatable bonds is 2. The Balaban J connectivity index is 2.54. The van der Waals surface area contributed by atoms with E-state index in [1.165, 1.54) is 0 Å². The molecule has 0 saturated carbocycles. The van der Waals surface area contributed by atoms with Crippen molar-refractivity contribution in [1.82, 2.24) is 19.5 Å².